The topological polar surface area (TPSA) is 38.3 Å². The maximum atomic E-state index is 11.1. The third-order valence-electron chi connectivity index (χ3n) is 2.80. The van der Waals surface area contributed by atoms with E-state index in [9.17, 15) is 4.79 Å². The molecule has 0 spiro atoms. The van der Waals surface area contributed by atoms with Gasteiger partial charge in [-0.1, -0.05) is 11.6 Å². The van der Waals surface area contributed by atoms with E-state index in [1.807, 2.05) is 6.07 Å². The highest BCUT2D eigenvalue weighted by Gasteiger charge is 2.22. The minimum Gasteiger partial charge on any atom is -0.468 e. The molecule has 1 aliphatic carbocycles. The Morgan fingerprint density at radius 1 is 1.75 bits per heavy atom. The number of aryl methyl sites for hydroxylation is 1. The van der Waals surface area contributed by atoms with Crippen molar-refractivity contribution in [1.82, 2.24) is 5.32 Å². The highest BCUT2D eigenvalue weighted by Crippen LogP contribution is 2.37. The summed E-state index contributed by atoms with van der Waals surface area (Å²) in [5.41, 5.74) is 1.25. The number of rotatable bonds is 3. The Labute approximate surface area is 104 Å². The second-order valence-electron chi connectivity index (χ2n) is 3.83. The Morgan fingerprint density at radius 2 is 2.56 bits per heavy atom. The van der Waals surface area contributed by atoms with Gasteiger partial charge in [0, 0.05) is 10.9 Å². The molecule has 1 atom stereocenters. The SMILES string of the molecule is COC(=O)CNC1CCCc2sc(Cl)cc21. The van der Waals surface area contributed by atoms with Crippen molar-refractivity contribution in [3.63, 3.8) is 0 Å². The van der Waals surface area contributed by atoms with Crippen LogP contribution >= 0.6 is 22.9 Å². The van der Waals surface area contributed by atoms with Gasteiger partial charge in [-0.05, 0) is 30.9 Å². The summed E-state index contributed by atoms with van der Waals surface area (Å²) in [6, 6.07) is 2.25. The van der Waals surface area contributed by atoms with Gasteiger partial charge >= 0.3 is 5.97 Å². The fourth-order valence-corrected chi connectivity index (χ4v) is 3.40. The van der Waals surface area contributed by atoms with E-state index in [4.69, 9.17) is 11.6 Å². The first-order valence-corrected chi connectivity index (χ1v) is 6.48. The average Bonchev–Trinajstić information content (AvgIpc) is 2.66. The number of fused-ring (bicyclic) bond motifs is 1. The summed E-state index contributed by atoms with van der Waals surface area (Å²) in [6.45, 7) is 0.258. The van der Waals surface area contributed by atoms with Crippen molar-refractivity contribution in [2.24, 2.45) is 0 Å². The lowest BCUT2D eigenvalue weighted by Gasteiger charge is -2.23. The lowest BCUT2D eigenvalue weighted by molar-refractivity contribution is -0.139. The quantitative estimate of drug-likeness (QED) is 0.848. The van der Waals surface area contributed by atoms with Gasteiger partial charge in [0.2, 0.25) is 0 Å². The van der Waals surface area contributed by atoms with E-state index in [1.165, 1.54) is 17.6 Å². The third-order valence-corrected chi connectivity index (χ3v) is 4.14. The molecular weight excluding hydrogens is 246 g/mol. The van der Waals surface area contributed by atoms with Crippen molar-refractivity contribution in [2.75, 3.05) is 13.7 Å². The summed E-state index contributed by atoms with van der Waals surface area (Å²) in [6.07, 6.45) is 3.29. The first-order valence-electron chi connectivity index (χ1n) is 5.29. The molecule has 0 amide bonds. The molecule has 1 aromatic rings. The largest absolute Gasteiger partial charge is 0.468 e. The number of halogens is 1. The van der Waals surface area contributed by atoms with Gasteiger partial charge in [0.15, 0.2) is 0 Å². The number of carbonyl (C=O) groups excluding carboxylic acids is 1. The number of ether oxygens (including phenoxy) is 1. The molecule has 16 heavy (non-hydrogen) atoms. The van der Waals surface area contributed by atoms with Crippen LogP contribution in [-0.2, 0) is 16.0 Å². The van der Waals surface area contributed by atoms with Gasteiger partial charge in [-0.15, -0.1) is 11.3 Å². The van der Waals surface area contributed by atoms with E-state index in [0.717, 1.165) is 23.6 Å². The summed E-state index contributed by atoms with van der Waals surface area (Å²) in [5, 5.41) is 3.22. The first-order chi connectivity index (χ1) is 7.70. The van der Waals surface area contributed by atoms with Gasteiger partial charge in [-0.3, -0.25) is 10.1 Å². The summed E-state index contributed by atoms with van der Waals surface area (Å²) in [5.74, 6) is -0.228. The Bertz CT molecular complexity index is 391. The first kappa shape index (κ1) is 11.9. The standard InChI is InChI=1S/C11H14ClNO2S/c1-15-11(14)6-13-8-3-2-4-9-7(8)5-10(12)16-9/h5,8,13H,2-4,6H2,1H3. The molecule has 0 saturated carbocycles. The van der Waals surface area contributed by atoms with Crippen molar-refractivity contribution in [1.29, 1.82) is 0 Å². The minimum absolute atomic E-state index is 0.228. The van der Waals surface area contributed by atoms with E-state index in [2.05, 4.69) is 10.1 Å². The lowest BCUT2D eigenvalue weighted by atomic mass is 9.94. The van der Waals surface area contributed by atoms with Gasteiger partial charge < -0.3 is 4.74 Å². The molecule has 2 rings (SSSR count). The molecule has 1 N–H and O–H groups in total. The van der Waals surface area contributed by atoms with Crippen LogP contribution in [0.4, 0.5) is 0 Å². The number of methoxy groups -OCH3 is 1. The van der Waals surface area contributed by atoms with E-state index in [0.29, 0.717) is 0 Å². The van der Waals surface area contributed by atoms with Crippen LogP contribution in [0.2, 0.25) is 4.34 Å². The summed E-state index contributed by atoms with van der Waals surface area (Å²) < 4.78 is 5.44. The normalized spacial score (nSPS) is 19.2. The van der Waals surface area contributed by atoms with Crippen LogP contribution in [0.15, 0.2) is 6.07 Å². The molecule has 3 nitrogen and oxygen atoms in total. The zero-order chi connectivity index (χ0) is 11.5. The molecule has 0 aromatic carbocycles. The predicted octanol–water partition coefficient (Wildman–Crippen LogP) is 2.54. The van der Waals surface area contributed by atoms with Gasteiger partial charge in [-0.2, -0.15) is 0 Å². The molecule has 88 valence electrons. The Hall–Kier alpha value is -0.580. The van der Waals surface area contributed by atoms with Gasteiger partial charge in [0.05, 0.1) is 18.0 Å². The maximum Gasteiger partial charge on any atom is 0.319 e. The molecule has 0 saturated heterocycles. The zero-order valence-corrected chi connectivity index (χ0v) is 10.7. The van der Waals surface area contributed by atoms with Crippen molar-refractivity contribution in [3.05, 3.63) is 20.8 Å². The minimum atomic E-state index is -0.228. The van der Waals surface area contributed by atoms with Crippen LogP contribution in [0.3, 0.4) is 0 Å². The number of nitrogens with one attached hydrogen (secondary N) is 1. The van der Waals surface area contributed by atoms with Crippen molar-refractivity contribution in [2.45, 2.75) is 25.3 Å². The fraction of sp³-hybridized carbons (Fsp3) is 0.545. The highest BCUT2D eigenvalue weighted by molar-refractivity contribution is 7.16. The Kier molecular flexibility index (Phi) is 3.84. The average molecular weight is 260 g/mol. The molecule has 0 radical (unpaired) electrons. The fourth-order valence-electron chi connectivity index (χ4n) is 2.01. The molecule has 5 heteroatoms. The van der Waals surface area contributed by atoms with Crippen molar-refractivity contribution >= 4 is 28.9 Å². The van der Waals surface area contributed by atoms with Crippen molar-refractivity contribution in [3.8, 4) is 0 Å². The maximum absolute atomic E-state index is 11.1. The molecule has 1 heterocycles. The Morgan fingerprint density at radius 3 is 3.31 bits per heavy atom. The van der Waals surface area contributed by atoms with Gasteiger partial charge in [0.1, 0.15) is 0 Å². The number of hydrogen-bond acceptors (Lipinski definition) is 4. The Balaban J connectivity index is 2.04. The van der Waals surface area contributed by atoms with Crippen LogP contribution in [0.5, 0.6) is 0 Å². The van der Waals surface area contributed by atoms with Crippen molar-refractivity contribution < 1.29 is 9.53 Å². The van der Waals surface area contributed by atoms with E-state index in [1.54, 1.807) is 11.3 Å². The molecule has 1 aromatic heterocycles. The van der Waals surface area contributed by atoms with Crippen LogP contribution in [-0.4, -0.2) is 19.6 Å². The van der Waals surface area contributed by atoms with Crippen LogP contribution in [0.1, 0.15) is 29.3 Å². The molecule has 1 aliphatic rings. The van der Waals surface area contributed by atoms with Crippen LogP contribution in [0.25, 0.3) is 0 Å². The van der Waals surface area contributed by atoms with E-state index in [-0.39, 0.29) is 18.6 Å². The zero-order valence-electron chi connectivity index (χ0n) is 9.09. The molecule has 0 fully saturated rings. The monoisotopic (exact) mass is 259 g/mol. The van der Waals surface area contributed by atoms with Gasteiger partial charge in [-0.25, -0.2) is 0 Å². The van der Waals surface area contributed by atoms with E-state index >= 15 is 0 Å². The summed E-state index contributed by atoms with van der Waals surface area (Å²) in [4.78, 5) is 12.4. The van der Waals surface area contributed by atoms with E-state index < -0.39 is 0 Å². The summed E-state index contributed by atoms with van der Waals surface area (Å²) >= 11 is 7.65. The molecule has 0 aliphatic heterocycles. The second-order valence-corrected chi connectivity index (χ2v) is 5.60. The number of hydrogen-bond donors (Lipinski definition) is 1. The molecule has 0 bridgehead atoms. The smallest absolute Gasteiger partial charge is 0.319 e. The van der Waals surface area contributed by atoms with Crippen LogP contribution < -0.4 is 5.32 Å². The number of thiophene rings is 1. The number of carbonyl (C=O) groups is 1. The number of esters is 1. The predicted molar refractivity (Wildman–Crippen MR) is 65.0 cm³/mol. The summed E-state index contributed by atoms with van der Waals surface area (Å²) in [7, 11) is 1.40. The van der Waals surface area contributed by atoms with Crippen LogP contribution in [0, 0.1) is 0 Å². The third kappa shape index (κ3) is 2.56. The van der Waals surface area contributed by atoms with Gasteiger partial charge in [0.25, 0.3) is 0 Å². The highest BCUT2D eigenvalue weighted by atomic mass is 35.5. The molecule has 1 unspecified atom stereocenters. The molecular formula is C11H14ClNO2S. The second kappa shape index (κ2) is 5.17. The lowest BCUT2D eigenvalue weighted by Crippen LogP contribution is -2.30.